The second kappa shape index (κ2) is 8.22. The average Bonchev–Trinajstić information content (AvgIpc) is 3.11. The fraction of sp³-hybridized carbons (Fsp3) is 0.333. The molecule has 0 saturated carbocycles. The van der Waals surface area contributed by atoms with Crippen LogP contribution in [0.3, 0.4) is 0 Å². The molecule has 146 valence electrons. The highest BCUT2D eigenvalue weighted by molar-refractivity contribution is 9.10. The van der Waals surface area contributed by atoms with Gasteiger partial charge in [0.2, 0.25) is 5.91 Å². The Kier molecular flexibility index (Phi) is 5.52. The van der Waals surface area contributed by atoms with Gasteiger partial charge in [-0.1, -0.05) is 28.1 Å². The number of likely N-dealkylation sites (tertiary alicyclic amines) is 1. The third-order valence-electron chi connectivity index (χ3n) is 4.80. The number of carbonyl (C=O) groups excluding carboxylic acids is 2. The first-order chi connectivity index (χ1) is 13.6. The third-order valence-corrected chi connectivity index (χ3v) is 5.54. The second-order valence-corrected chi connectivity index (χ2v) is 7.63. The highest BCUT2D eigenvalue weighted by Gasteiger charge is 2.20. The molecule has 0 bridgehead atoms. The summed E-state index contributed by atoms with van der Waals surface area (Å²) in [4.78, 5) is 25.9. The van der Waals surface area contributed by atoms with Gasteiger partial charge in [0.05, 0.1) is 5.56 Å². The largest absolute Gasteiger partial charge is 0.486 e. The monoisotopic (exact) mass is 445 g/mol. The summed E-state index contributed by atoms with van der Waals surface area (Å²) in [6.07, 6.45) is 1.54. The van der Waals surface area contributed by atoms with Crippen LogP contribution >= 0.6 is 15.9 Å². The molecule has 1 amide bonds. The molecule has 2 heterocycles. The molecule has 0 unspecified atom stereocenters. The van der Waals surface area contributed by atoms with Gasteiger partial charge in [-0.25, -0.2) is 4.79 Å². The molecule has 7 heteroatoms. The van der Waals surface area contributed by atoms with E-state index in [1.54, 1.807) is 12.1 Å². The summed E-state index contributed by atoms with van der Waals surface area (Å²) in [5.41, 5.74) is 2.29. The van der Waals surface area contributed by atoms with E-state index in [0.717, 1.165) is 28.6 Å². The van der Waals surface area contributed by atoms with Crippen molar-refractivity contribution in [3.05, 3.63) is 57.6 Å². The van der Waals surface area contributed by atoms with E-state index in [1.165, 1.54) is 0 Å². The maximum Gasteiger partial charge on any atom is 0.338 e. The lowest BCUT2D eigenvalue weighted by Gasteiger charge is -2.20. The fourth-order valence-corrected chi connectivity index (χ4v) is 3.72. The van der Waals surface area contributed by atoms with Gasteiger partial charge in [-0.15, -0.1) is 0 Å². The Balaban J connectivity index is 1.37. The molecule has 0 radical (unpaired) electrons. The van der Waals surface area contributed by atoms with Crippen molar-refractivity contribution in [1.29, 1.82) is 0 Å². The molecule has 1 saturated heterocycles. The van der Waals surface area contributed by atoms with Crippen molar-refractivity contribution in [1.82, 2.24) is 4.90 Å². The Morgan fingerprint density at radius 3 is 2.50 bits per heavy atom. The van der Waals surface area contributed by atoms with Gasteiger partial charge in [-0.3, -0.25) is 4.79 Å². The van der Waals surface area contributed by atoms with Gasteiger partial charge < -0.3 is 19.1 Å². The molecule has 6 nitrogen and oxygen atoms in total. The number of carbonyl (C=O) groups is 2. The number of nitrogens with zero attached hydrogens (tertiary/aromatic N) is 1. The minimum Gasteiger partial charge on any atom is -0.486 e. The lowest BCUT2D eigenvalue weighted by molar-refractivity contribution is -0.128. The van der Waals surface area contributed by atoms with Gasteiger partial charge in [0.15, 0.2) is 11.5 Å². The standard InChI is InChI=1S/C21H20BrNO5/c22-17-11-19-18(26-8-9-27-19)10-16(17)13-28-21(25)15-5-3-14(4-6-15)12-23-7-1-2-20(23)24/h3-6,10-11H,1-2,7-9,12-13H2. The van der Waals surface area contributed by atoms with Crippen LogP contribution in [0.5, 0.6) is 11.5 Å². The molecule has 4 rings (SSSR count). The van der Waals surface area contributed by atoms with Gasteiger partial charge in [-0.2, -0.15) is 0 Å². The van der Waals surface area contributed by atoms with Crippen molar-refractivity contribution < 1.29 is 23.8 Å². The summed E-state index contributed by atoms with van der Waals surface area (Å²) >= 11 is 3.48. The van der Waals surface area contributed by atoms with Crippen LogP contribution in [0.25, 0.3) is 0 Å². The average molecular weight is 446 g/mol. The Hall–Kier alpha value is -2.54. The van der Waals surface area contributed by atoms with Crippen molar-refractivity contribution >= 4 is 27.8 Å². The van der Waals surface area contributed by atoms with Gasteiger partial charge >= 0.3 is 5.97 Å². The van der Waals surface area contributed by atoms with Crippen molar-refractivity contribution in [2.45, 2.75) is 26.0 Å². The maximum absolute atomic E-state index is 12.4. The lowest BCUT2D eigenvalue weighted by atomic mass is 10.1. The summed E-state index contributed by atoms with van der Waals surface area (Å²) in [5.74, 6) is 1.13. The topological polar surface area (TPSA) is 65.1 Å². The van der Waals surface area contributed by atoms with E-state index in [-0.39, 0.29) is 12.5 Å². The number of hydrogen-bond donors (Lipinski definition) is 0. The zero-order valence-corrected chi connectivity index (χ0v) is 16.9. The lowest BCUT2D eigenvalue weighted by Crippen LogP contribution is -2.23. The quantitative estimate of drug-likeness (QED) is 0.656. The van der Waals surface area contributed by atoms with Crippen LogP contribution in [0.1, 0.15) is 34.3 Å². The number of hydrogen-bond acceptors (Lipinski definition) is 5. The molecule has 1 fully saturated rings. The van der Waals surface area contributed by atoms with Crippen LogP contribution in [-0.4, -0.2) is 36.5 Å². The SMILES string of the molecule is O=C(OCc1cc2c(cc1Br)OCCO2)c1ccc(CN2CCCC2=O)cc1. The minimum atomic E-state index is -0.398. The smallest absolute Gasteiger partial charge is 0.338 e. The van der Waals surface area contributed by atoms with E-state index in [2.05, 4.69) is 15.9 Å². The fourth-order valence-electron chi connectivity index (χ4n) is 3.28. The number of amides is 1. The van der Waals surface area contributed by atoms with E-state index in [9.17, 15) is 9.59 Å². The minimum absolute atomic E-state index is 0.125. The molecule has 2 aromatic rings. The summed E-state index contributed by atoms with van der Waals surface area (Å²) in [7, 11) is 0. The van der Waals surface area contributed by atoms with E-state index >= 15 is 0 Å². The van der Waals surface area contributed by atoms with Crippen molar-refractivity contribution in [2.75, 3.05) is 19.8 Å². The Labute approximate surface area is 171 Å². The Morgan fingerprint density at radius 2 is 1.82 bits per heavy atom. The maximum atomic E-state index is 12.4. The van der Waals surface area contributed by atoms with Crippen molar-refractivity contribution in [3.8, 4) is 11.5 Å². The van der Waals surface area contributed by atoms with E-state index in [1.807, 2.05) is 29.2 Å². The van der Waals surface area contributed by atoms with Gasteiger partial charge in [0, 0.05) is 29.5 Å². The first kappa shape index (κ1) is 18.8. The number of esters is 1. The highest BCUT2D eigenvalue weighted by atomic mass is 79.9. The van der Waals surface area contributed by atoms with Crippen LogP contribution in [0.15, 0.2) is 40.9 Å². The third kappa shape index (κ3) is 4.14. The molecule has 0 N–H and O–H groups in total. The van der Waals surface area contributed by atoms with Crippen LogP contribution in [-0.2, 0) is 22.7 Å². The first-order valence-corrected chi connectivity index (χ1v) is 10.0. The summed E-state index contributed by atoms with van der Waals surface area (Å²) in [5, 5.41) is 0. The van der Waals surface area contributed by atoms with E-state index in [0.29, 0.717) is 43.2 Å². The molecule has 2 aromatic carbocycles. The zero-order valence-electron chi connectivity index (χ0n) is 15.3. The molecule has 0 aliphatic carbocycles. The predicted octanol–water partition coefficient (Wildman–Crippen LogP) is 3.70. The van der Waals surface area contributed by atoms with Crippen LogP contribution in [0.4, 0.5) is 0 Å². The summed E-state index contributed by atoms with van der Waals surface area (Å²) < 4.78 is 17.4. The number of ether oxygens (including phenoxy) is 3. The number of rotatable bonds is 5. The molecular formula is C21H20BrNO5. The van der Waals surface area contributed by atoms with Gasteiger partial charge in [0.1, 0.15) is 19.8 Å². The molecule has 0 aromatic heterocycles. The number of benzene rings is 2. The van der Waals surface area contributed by atoms with Gasteiger partial charge in [-0.05, 0) is 36.2 Å². The summed E-state index contributed by atoms with van der Waals surface area (Å²) in [6, 6.07) is 10.8. The first-order valence-electron chi connectivity index (χ1n) is 9.22. The van der Waals surface area contributed by atoms with Crippen molar-refractivity contribution in [3.63, 3.8) is 0 Å². The summed E-state index contributed by atoms with van der Waals surface area (Å²) in [6.45, 7) is 2.53. The van der Waals surface area contributed by atoms with Crippen LogP contribution in [0.2, 0.25) is 0 Å². The normalized spacial score (nSPS) is 15.6. The predicted molar refractivity (Wildman–Crippen MR) is 105 cm³/mol. The second-order valence-electron chi connectivity index (χ2n) is 6.78. The molecule has 2 aliphatic heterocycles. The highest BCUT2D eigenvalue weighted by Crippen LogP contribution is 2.35. The Morgan fingerprint density at radius 1 is 1.11 bits per heavy atom. The number of halogens is 1. The Bertz CT molecular complexity index is 896. The van der Waals surface area contributed by atoms with Crippen LogP contribution < -0.4 is 9.47 Å². The molecule has 28 heavy (non-hydrogen) atoms. The molecule has 0 spiro atoms. The van der Waals surface area contributed by atoms with E-state index < -0.39 is 5.97 Å². The zero-order chi connectivity index (χ0) is 19.5. The molecular weight excluding hydrogens is 426 g/mol. The van der Waals surface area contributed by atoms with Crippen molar-refractivity contribution in [2.24, 2.45) is 0 Å². The molecule has 0 atom stereocenters. The van der Waals surface area contributed by atoms with Gasteiger partial charge in [0.25, 0.3) is 0 Å². The molecule has 2 aliphatic rings. The van der Waals surface area contributed by atoms with Crippen LogP contribution in [0, 0.1) is 0 Å². The number of fused-ring (bicyclic) bond motifs is 1. The van der Waals surface area contributed by atoms with E-state index in [4.69, 9.17) is 14.2 Å².